The molecule has 0 saturated carbocycles. The first kappa shape index (κ1) is 14.8. The monoisotopic (exact) mass is 313 g/mol. The summed E-state index contributed by atoms with van der Waals surface area (Å²) in [6, 6.07) is 16.6. The second-order valence-corrected chi connectivity index (χ2v) is 5.99. The Morgan fingerprint density at radius 1 is 1.05 bits per heavy atom. The molecule has 22 heavy (non-hydrogen) atoms. The van der Waals surface area contributed by atoms with Crippen LogP contribution < -0.4 is 4.90 Å². The molecular weight excluding hydrogens is 298 g/mol. The van der Waals surface area contributed by atoms with Gasteiger partial charge in [0.2, 0.25) is 11.8 Å². The standard InChI is InChI=1S/C18H16ClNO2/c1-12(13-5-3-2-4-6-13)16-11-17(21)20(18(16)22)15-9-7-14(19)8-10-15/h2-10,12,16H,11H2,1H3. The molecule has 2 amide bonds. The summed E-state index contributed by atoms with van der Waals surface area (Å²) in [7, 11) is 0. The quantitative estimate of drug-likeness (QED) is 0.802. The Balaban J connectivity index is 1.87. The fourth-order valence-corrected chi connectivity index (χ4v) is 3.02. The third-order valence-corrected chi connectivity index (χ3v) is 4.45. The molecule has 1 fully saturated rings. The van der Waals surface area contributed by atoms with E-state index in [1.807, 2.05) is 37.3 Å². The normalized spacial score (nSPS) is 19.5. The van der Waals surface area contributed by atoms with Crippen LogP contribution in [0.25, 0.3) is 0 Å². The Morgan fingerprint density at radius 3 is 2.32 bits per heavy atom. The molecule has 0 radical (unpaired) electrons. The third-order valence-electron chi connectivity index (χ3n) is 4.20. The topological polar surface area (TPSA) is 37.4 Å². The van der Waals surface area contributed by atoms with E-state index in [2.05, 4.69) is 0 Å². The number of rotatable bonds is 3. The van der Waals surface area contributed by atoms with Gasteiger partial charge >= 0.3 is 0 Å². The zero-order chi connectivity index (χ0) is 15.7. The molecule has 1 aliphatic heterocycles. The molecule has 0 aliphatic carbocycles. The van der Waals surface area contributed by atoms with Crippen molar-refractivity contribution in [3.8, 4) is 0 Å². The van der Waals surface area contributed by atoms with Crippen LogP contribution in [-0.4, -0.2) is 11.8 Å². The average Bonchev–Trinajstić information content (AvgIpc) is 2.83. The van der Waals surface area contributed by atoms with Gasteiger partial charge in [-0.25, -0.2) is 0 Å². The molecule has 3 nitrogen and oxygen atoms in total. The Bertz CT molecular complexity index is 697. The molecule has 112 valence electrons. The summed E-state index contributed by atoms with van der Waals surface area (Å²) < 4.78 is 0. The molecule has 1 saturated heterocycles. The van der Waals surface area contributed by atoms with Crippen molar-refractivity contribution >= 4 is 29.1 Å². The first-order valence-corrected chi connectivity index (χ1v) is 7.63. The third kappa shape index (κ3) is 2.64. The molecular formula is C18H16ClNO2. The molecule has 1 heterocycles. The maximum atomic E-state index is 12.7. The van der Waals surface area contributed by atoms with Crippen molar-refractivity contribution in [2.45, 2.75) is 19.3 Å². The fourth-order valence-electron chi connectivity index (χ4n) is 2.90. The molecule has 2 unspecified atom stereocenters. The van der Waals surface area contributed by atoms with E-state index in [-0.39, 0.29) is 30.1 Å². The highest BCUT2D eigenvalue weighted by atomic mass is 35.5. The number of carbonyl (C=O) groups is 2. The van der Waals surface area contributed by atoms with Gasteiger partial charge in [-0.05, 0) is 35.7 Å². The van der Waals surface area contributed by atoms with Gasteiger partial charge < -0.3 is 0 Å². The highest BCUT2D eigenvalue weighted by Crippen LogP contribution is 2.35. The van der Waals surface area contributed by atoms with Gasteiger partial charge in [-0.1, -0.05) is 48.9 Å². The largest absolute Gasteiger partial charge is 0.274 e. The van der Waals surface area contributed by atoms with E-state index in [0.29, 0.717) is 10.7 Å². The predicted molar refractivity (Wildman–Crippen MR) is 86.9 cm³/mol. The van der Waals surface area contributed by atoms with Crippen LogP contribution in [0.5, 0.6) is 0 Å². The van der Waals surface area contributed by atoms with Gasteiger partial charge in [-0.15, -0.1) is 0 Å². The Morgan fingerprint density at radius 2 is 1.68 bits per heavy atom. The van der Waals surface area contributed by atoms with Crippen molar-refractivity contribution in [2.24, 2.45) is 5.92 Å². The molecule has 0 aromatic heterocycles. The van der Waals surface area contributed by atoms with Crippen LogP contribution in [0.1, 0.15) is 24.8 Å². The molecule has 2 atom stereocenters. The van der Waals surface area contributed by atoms with Crippen LogP contribution in [-0.2, 0) is 9.59 Å². The molecule has 0 spiro atoms. The summed E-state index contributed by atoms with van der Waals surface area (Å²) >= 11 is 5.86. The van der Waals surface area contributed by atoms with Crippen LogP contribution in [0.2, 0.25) is 5.02 Å². The van der Waals surface area contributed by atoms with E-state index in [9.17, 15) is 9.59 Å². The van der Waals surface area contributed by atoms with Crippen LogP contribution in [0.15, 0.2) is 54.6 Å². The smallest absolute Gasteiger partial charge is 0.237 e. The minimum atomic E-state index is -0.314. The summed E-state index contributed by atoms with van der Waals surface area (Å²) in [5, 5.41) is 0.581. The number of nitrogens with zero attached hydrogens (tertiary/aromatic N) is 1. The van der Waals surface area contributed by atoms with Gasteiger partial charge in [0, 0.05) is 11.4 Å². The second-order valence-electron chi connectivity index (χ2n) is 5.55. The van der Waals surface area contributed by atoms with E-state index in [4.69, 9.17) is 11.6 Å². The maximum absolute atomic E-state index is 12.7. The van der Waals surface area contributed by atoms with Gasteiger partial charge in [0.1, 0.15) is 0 Å². The number of hydrogen-bond acceptors (Lipinski definition) is 2. The Kier molecular flexibility index (Phi) is 3.99. The molecule has 4 heteroatoms. The highest BCUT2D eigenvalue weighted by molar-refractivity contribution is 6.30. The van der Waals surface area contributed by atoms with E-state index in [1.165, 1.54) is 4.90 Å². The van der Waals surface area contributed by atoms with Crippen LogP contribution in [0.4, 0.5) is 5.69 Å². The molecule has 1 aliphatic rings. The first-order valence-electron chi connectivity index (χ1n) is 7.25. The van der Waals surface area contributed by atoms with Crippen molar-refractivity contribution in [3.63, 3.8) is 0 Å². The van der Waals surface area contributed by atoms with Gasteiger partial charge in [0.15, 0.2) is 0 Å². The lowest BCUT2D eigenvalue weighted by molar-refractivity contribution is -0.122. The van der Waals surface area contributed by atoms with Crippen molar-refractivity contribution in [1.82, 2.24) is 0 Å². The minimum absolute atomic E-state index is 0.00921. The van der Waals surface area contributed by atoms with E-state index >= 15 is 0 Å². The van der Waals surface area contributed by atoms with Crippen molar-refractivity contribution in [3.05, 3.63) is 65.2 Å². The lowest BCUT2D eigenvalue weighted by atomic mass is 9.86. The minimum Gasteiger partial charge on any atom is -0.274 e. The van der Waals surface area contributed by atoms with Crippen molar-refractivity contribution in [1.29, 1.82) is 0 Å². The number of anilines is 1. The number of amides is 2. The fraction of sp³-hybridized carbons (Fsp3) is 0.222. The summed E-state index contributed by atoms with van der Waals surface area (Å²) in [6.07, 6.45) is 0.248. The number of halogens is 1. The first-order chi connectivity index (χ1) is 10.6. The molecule has 0 N–H and O–H groups in total. The zero-order valence-electron chi connectivity index (χ0n) is 12.2. The Hall–Kier alpha value is -2.13. The van der Waals surface area contributed by atoms with Crippen LogP contribution >= 0.6 is 11.6 Å². The zero-order valence-corrected chi connectivity index (χ0v) is 13.0. The number of carbonyl (C=O) groups excluding carboxylic acids is 2. The number of hydrogen-bond donors (Lipinski definition) is 0. The maximum Gasteiger partial charge on any atom is 0.237 e. The summed E-state index contributed by atoms with van der Waals surface area (Å²) in [4.78, 5) is 26.3. The lowest BCUT2D eigenvalue weighted by Gasteiger charge is -2.19. The predicted octanol–water partition coefficient (Wildman–Crippen LogP) is 4.02. The second kappa shape index (κ2) is 5.93. The SMILES string of the molecule is CC(c1ccccc1)C1CC(=O)N(c2ccc(Cl)cc2)C1=O. The van der Waals surface area contributed by atoms with E-state index < -0.39 is 0 Å². The lowest BCUT2D eigenvalue weighted by Crippen LogP contribution is -2.31. The van der Waals surface area contributed by atoms with Crippen LogP contribution in [0, 0.1) is 5.92 Å². The summed E-state index contributed by atoms with van der Waals surface area (Å²) in [5.74, 6) is -0.593. The van der Waals surface area contributed by atoms with Gasteiger partial charge in [-0.3, -0.25) is 14.5 Å². The van der Waals surface area contributed by atoms with E-state index in [0.717, 1.165) is 5.56 Å². The molecule has 3 rings (SSSR count). The van der Waals surface area contributed by atoms with E-state index in [1.54, 1.807) is 24.3 Å². The van der Waals surface area contributed by atoms with Crippen LogP contribution in [0.3, 0.4) is 0 Å². The van der Waals surface area contributed by atoms with Crippen molar-refractivity contribution < 1.29 is 9.59 Å². The molecule has 2 aromatic carbocycles. The van der Waals surface area contributed by atoms with Gasteiger partial charge in [0.25, 0.3) is 0 Å². The molecule has 0 bridgehead atoms. The molecule has 2 aromatic rings. The van der Waals surface area contributed by atoms with Crippen molar-refractivity contribution in [2.75, 3.05) is 4.90 Å². The summed E-state index contributed by atoms with van der Waals surface area (Å²) in [6.45, 7) is 2.00. The summed E-state index contributed by atoms with van der Waals surface area (Å²) in [5.41, 5.74) is 1.66. The number of benzene rings is 2. The average molecular weight is 314 g/mol. The number of imide groups is 1. The van der Waals surface area contributed by atoms with Gasteiger partial charge in [0.05, 0.1) is 11.6 Å². The highest BCUT2D eigenvalue weighted by Gasteiger charge is 2.42. The Labute approximate surface area is 134 Å². The van der Waals surface area contributed by atoms with Gasteiger partial charge in [-0.2, -0.15) is 0 Å².